The number of hydrogen-bond acceptors (Lipinski definition) is 2. The maximum atomic E-state index is 11.7. The predicted molar refractivity (Wildman–Crippen MR) is 84.7 cm³/mol. The zero-order valence-electron chi connectivity index (χ0n) is 12.0. The number of amides is 2. The maximum absolute atomic E-state index is 11.7. The first-order valence-corrected chi connectivity index (χ1v) is 7.64. The van der Waals surface area contributed by atoms with Crippen LogP contribution in [0.4, 0.5) is 5.69 Å². The number of rotatable bonds is 7. The highest BCUT2D eigenvalue weighted by molar-refractivity contribution is 9.10. The van der Waals surface area contributed by atoms with E-state index >= 15 is 0 Å². The van der Waals surface area contributed by atoms with Gasteiger partial charge < -0.3 is 10.2 Å². The van der Waals surface area contributed by atoms with Gasteiger partial charge in [-0.1, -0.05) is 29.3 Å². The minimum absolute atomic E-state index is 0.0323. The van der Waals surface area contributed by atoms with E-state index in [4.69, 9.17) is 0 Å². The molecule has 0 saturated heterocycles. The fraction of sp³-hybridized carbons (Fsp3) is 0.467. The number of carbonyl (C=O) groups excluding carboxylic acids is 2. The second-order valence-corrected chi connectivity index (χ2v) is 5.52. The van der Waals surface area contributed by atoms with E-state index in [1.807, 2.05) is 24.3 Å². The van der Waals surface area contributed by atoms with E-state index in [9.17, 15) is 9.59 Å². The molecule has 0 radical (unpaired) electrons. The molecule has 0 aliphatic carbocycles. The zero-order valence-corrected chi connectivity index (χ0v) is 13.6. The summed E-state index contributed by atoms with van der Waals surface area (Å²) in [5.74, 6) is 0.0151. The Bertz CT molecular complexity index is 446. The lowest BCUT2D eigenvalue weighted by atomic mass is 10.2. The van der Waals surface area contributed by atoms with Gasteiger partial charge in [0.1, 0.15) is 0 Å². The van der Waals surface area contributed by atoms with Crippen molar-refractivity contribution in [3.8, 4) is 0 Å². The number of halogens is 1. The number of anilines is 1. The summed E-state index contributed by atoms with van der Waals surface area (Å²) in [4.78, 5) is 24.9. The SMILES string of the molecule is CCCCC(=O)NCCN(C(C)=O)c1ccc(Br)cc1. The van der Waals surface area contributed by atoms with Gasteiger partial charge in [0.15, 0.2) is 0 Å². The lowest BCUT2D eigenvalue weighted by molar-refractivity contribution is -0.121. The van der Waals surface area contributed by atoms with Crippen LogP contribution >= 0.6 is 15.9 Å². The van der Waals surface area contributed by atoms with Gasteiger partial charge in [-0.2, -0.15) is 0 Å². The van der Waals surface area contributed by atoms with E-state index in [2.05, 4.69) is 28.2 Å². The van der Waals surface area contributed by atoms with E-state index in [1.54, 1.807) is 4.90 Å². The fourth-order valence-corrected chi connectivity index (χ4v) is 2.09. The van der Waals surface area contributed by atoms with Crippen LogP contribution in [0.3, 0.4) is 0 Å². The standard InChI is InChI=1S/C15H21BrN2O2/c1-3-4-5-15(20)17-10-11-18(12(2)19)14-8-6-13(16)7-9-14/h6-9H,3-5,10-11H2,1-2H3,(H,17,20). The number of nitrogens with one attached hydrogen (secondary N) is 1. The molecule has 0 bridgehead atoms. The average Bonchev–Trinajstić information content (AvgIpc) is 2.42. The quantitative estimate of drug-likeness (QED) is 0.828. The molecule has 1 N–H and O–H groups in total. The van der Waals surface area contributed by atoms with Crippen molar-refractivity contribution in [2.75, 3.05) is 18.0 Å². The van der Waals surface area contributed by atoms with Crippen molar-refractivity contribution >= 4 is 33.4 Å². The molecule has 0 spiro atoms. The van der Waals surface area contributed by atoms with Gasteiger partial charge in [0.05, 0.1) is 0 Å². The van der Waals surface area contributed by atoms with Gasteiger partial charge in [-0.3, -0.25) is 9.59 Å². The van der Waals surface area contributed by atoms with Crippen LogP contribution in [0, 0.1) is 0 Å². The van der Waals surface area contributed by atoms with E-state index in [0.717, 1.165) is 23.0 Å². The highest BCUT2D eigenvalue weighted by Crippen LogP contribution is 2.18. The molecule has 20 heavy (non-hydrogen) atoms. The van der Waals surface area contributed by atoms with E-state index in [1.165, 1.54) is 6.92 Å². The van der Waals surface area contributed by atoms with Crippen molar-refractivity contribution in [1.29, 1.82) is 0 Å². The fourth-order valence-electron chi connectivity index (χ4n) is 1.82. The monoisotopic (exact) mass is 340 g/mol. The van der Waals surface area contributed by atoms with Gasteiger partial charge in [-0.25, -0.2) is 0 Å². The van der Waals surface area contributed by atoms with E-state index in [-0.39, 0.29) is 11.8 Å². The Morgan fingerprint density at radius 1 is 1.25 bits per heavy atom. The van der Waals surface area contributed by atoms with Crippen molar-refractivity contribution in [3.05, 3.63) is 28.7 Å². The van der Waals surface area contributed by atoms with E-state index in [0.29, 0.717) is 19.5 Å². The minimum Gasteiger partial charge on any atom is -0.354 e. The second-order valence-electron chi connectivity index (χ2n) is 4.60. The third-order valence-electron chi connectivity index (χ3n) is 2.93. The summed E-state index contributed by atoms with van der Waals surface area (Å²) < 4.78 is 0.970. The molecule has 0 saturated carbocycles. The molecule has 0 heterocycles. The second kappa shape index (κ2) is 8.74. The molecule has 1 rings (SSSR count). The lowest BCUT2D eigenvalue weighted by Gasteiger charge is -2.21. The molecule has 0 aliphatic rings. The van der Waals surface area contributed by atoms with Crippen molar-refractivity contribution in [2.45, 2.75) is 33.1 Å². The summed E-state index contributed by atoms with van der Waals surface area (Å²) in [6, 6.07) is 7.55. The molecule has 5 heteroatoms. The van der Waals surface area contributed by atoms with Crippen LogP contribution in [-0.4, -0.2) is 24.9 Å². The van der Waals surface area contributed by atoms with Crippen molar-refractivity contribution < 1.29 is 9.59 Å². The van der Waals surface area contributed by atoms with Crippen molar-refractivity contribution in [1.82, 2.24) is 5.32 Å². The topological polar surface area (TPSA) is 49.4 Å². The van der Waals surface area contributed by atoms with Gasteiger partial charge >= 0.3 is 0 Å². The van der Waals surface area contributed by atoms with Crippen molar-refractivity contribution in [2.24, 2.45) is 0 Å². The Labute approximate surface area is 128 Å². The Morgan fingerprint density at radius 3 is 2.45 bits per heavy atom. The van der Waals surface area contributed by atoms with Crippen LogP contribution in [0.15, 0.2) is 28.7 Å². The number of unbranched alkanes of at least 4 members (excludes halogenated alkanes) is 1. The molecule has 0 unspecified atom stereocenters. The maximum Gasteiger partial charge on any atom is 0.223 e. The number of nitrogens with zero attached hydrogens (tertiary/aromatic N) is 1. The molecule has 4 nitrogen and oxygen atoms in total. The summed E-state index contributed by atoms with van der Waals surface area (Å²) >= 11 is 3.37. The molecule has 2 amide bonds. The largest absolute Gasteiger partial charge is 0.354 e. The summed E-state index contributed by atoms with van der Waals surface area (Å²) in [7, 11) is 0. The smallest absolute Gasteiger partial charge is 0.223 e. The van der Waals surface area contributed by atoms with Crippen LogP contribution in [0.2, 0.25) is 0 Å². The number of benzene rings is 1. The zero-order chi connectivity index (χ0) is 15.0. The highest BCUT2D eigenvalue weighted by Gasteiger charge is 2.11. The van der Waals surface area contributed by atoms with Gasteiger partial charge in [0.2, 0.25) is 11.8 Å². The molecule has 110 valence electrons. The third kappa shape index (κ3) is 5.74. The molecule has 0 aromatic heterocycles. The Kier molecular flexibility index (Phi) is 7.30. The normalized spacial score (nSPS) is 10.2. The predicted octanol–water partition coefficient (Wildman–Crippen LogP) is 3.11. The molecule has 0 atom stereocenters. The molecule has 1 aromatic carbocycles. The number of hydrogen-bond donors (Lipinski definition) is 1. The number of carbonyl (C=O) groups is 2. The van der Waals surface area contributed by atoms with Crippen LogP contribution in [0.1, 0.15) is 33.1 Å². The highest BCUT2D eigenvalue weighted by atomic mass is 79.9. The van der Waals surface area contributed by atoms with Crippen LogP contribution < -0.4 is 10.2 Å². The molecule has 0 fully saturated rings. The van der Waals surface area contributed by atoms with Gasteiger partial charge in [0.25, 0.3) is 0 Å². The first-order chi connectivity index (χ1) is 9.54. The third-order valence-corrected chi connectivity index (χ3v) is 3.46. The first kappa shape index (κ1) is 16.7. The van der Waals surface area contributed by atoms with E-state index < -0.39 is 0 Å². The van der Waals surface area contributed by atoms with Crippen molar-refractivity contribution in [3.63, 3.8) is 0 Å². The molecule has 1 aromatic rings. The summed E-state index contributed by atoms with van der Waals surface area (Å²) in [6.07, 6.45) is 2.45. The molecular weight excluding hydrogens is 320 g/mol. The molecule has 0 aliphatic heterocycles. The first-order valence-electron chi connectivity index (χ1n) is 6.85. The van der Waals surface area contributed by atoms with Crippen LogP contribution in [0.5, 0.6) is 0 Å². The Morgan fingerprint density at radius 2 is 1.90 bits per heavy atom. The Hall–Kier alpha value is -1.36. The van der Waals surface area contributed by atoms with Gasteiger partial charge in [-0.15, -0.1) is 0 Å². The summed E-state index contributed by atoms with van der Waals surface area (Å²) in [5, 5.41) is 2.84. The average molecular weight is 341 g/mol. The summed E-state index contributed by atoms with van der Waals surface area (Å²) in [6.45, 7) is 4.53. The summed E-state index contributed by atoms with van der Waals surface area (Å²) in [5.41, 5.74) is 0.837. The lowest BCUT2D eigenvalue weighted by Crippen LogP contribution is -2.37. The van der Waals surface area contributed by atoms with Gasteiger partial charge in [0, 0.05) is 36.6 Å². The minimum atomic E-state index is -0.0323. The van der Waals surface area contributed by atoms with Crippen LogP contribution in [-0.2, 0) is 9.59 Å². The van der Waals surface area contributed by atoms with Gasteiger partial charge in [-0.05, 0) is 30.7 Å². The molecular formula is C15H21BrN2O2. The Balaban J connectivity index is 2.50. The van der Waals surface area contributed by atoms with Crippen LogP contribution in [0.25, 0.3) is 0 Å².